The molecule has 1 heterocycles. The second-order valence-electron chi connectivity index (χ2n) is 12.6. The fourth-order valence-electron chi connectivity index (χ4n) is 6.58. The van der Waals surface area contributed by atoms with Crippen LogP contribution in [0.1, 0.15) is 79.1 Å². The summed E-state index contributed by atoms with van der Waals surface area (Å²) >= 11 is 0. The van der Waals surface area contributed by atoms with E-state index in [-0.39, 0.29) is 16.9 Å². The van der Waals surface area contributed by atoms with Crippen molar-refractivity contribution in [3.63, 3.8) is 0 Å². The van der Waals surface area contributed by atoms with E-state index in [4.69, 9.17) is 18.6 Å². The fourth-order valence-corrected chi connectivity index (χ4v) is 8.16. The second kappa shape index (κ2) is 8.91. The van der Waals surface area contributed by atoms with E-state index in [2.05, 4.69) is 52.6 Å². The van der Waals surface area contributed by atoms with Gasteiger partial charge in [0.25, 0.3) is 0 Å². The molecular formula is C27H46O5Si. The molecule has 0 aromatic rings. The Bertz CT molecular complexity index is 768. The van der Waals surface area contributed by atoms with Crippen LogP contribution < -0.4 is 0 Å². The molecule has 0 radical (unpaired) electrons. The van der Waals surface area contributed by atoms with Gasteiger partial charge in [0.2, 0.25) is 0 Å². The van der Waals surface area contributed by atoms with Crippen LogP contribution in [0.5, 0.6) is 0 Å². The zero-order valence-electron chi connectivity index (χ0n) is 22.0. The normalized spacial score (nSPS) is 36.4. The topological polar surface area (TPSA) is 57.2 Å². The zero-order chi connectivity index (χ0) is 24.1. The van der Waals surface area contributed by atoms with Crippen molar-refractivity contribution in [2.75, 3.05) is 20.3 Å². The van der Waals surface area contributed by atoms with Crippen LogP contribution in [-0.4, -0.2) is 56.8 Å². The summed E-state index contributed by atoms with van der Waals surface area (Å²) in [7, 11) is -0.264. The third-order valence-corrected chi connectivity index (χ3v) is 14.2. The first kappa shape index (κ1) is 25.7. The van der Waals surface area contributed by atoms with E-state index in [1.165, 1.54) is 32.1 Å². The standard InChI is InChI=1S/C27H46O5Si/c1-24(2,3)33(6,7)32-25(4,20-11-9-8-10-12-20)15-13-21-22-19-27(30-17-18-31-27)26(22,29-5)16-14-23(21)28/h20-23,28H,8-12,14,16-19H2,1-7H3/t21-,22-,23-,25+,26-/m0/s1. The summed E-state index contributed by atoms with van der Waals surface area (Å²) in [5.41, 5.74) is -0.998. The van der Waals surface area contributed by atoms with Gasteiger partial charge >= 0.3 is 0 Å². The molecule has 0 amide bonds. The molecule has 0 aromatic carbocycles. The highest BCUT2D eigenvalue weighted by atomic mass is 28.4. The lowest BCUT2D eigenvalue weighted by atomic mass is 9.52. The van der Waals surface area contributed by atoms with Crippen LogP contribution in [-0.2, 0) is 18.6 Å². The summed E-state index contributed by atoms with van der Waals surface area (Å²) in [5, 5.41) is 11.2. The predicted molar refractivity (Wildman–Crippen MR) is 132 cm³/mol. The average Bonchev–Trinajstić information content (AvgIpc) is 3.25. The van der Waals surface area contributed by atoms with Gasteiger partial charge in [0.1, 0.15) is 11.2 Å². The Labute approximate surface area is 202 Å². The van der Waals surface area contributed by atoms with E-state index < -0.39 is 31.4 Å². The third kappa shape index (κ3) is 4.25. The molecule has 188 valence electrons. The van der Waals surface area contributed by atoms with Gasteiger partial charge in [-0.2, -0.15) is 0 Å². The molecule has 1 aliphatic heterocycles. The van der Waals surface area contributed by atoms with Gasteiger partial charge in [0.05, 0.1) is 25.2 Å². The molecule has 0 bridgehead atoms. The first-order chi connectivity index (χ1) is 15.4. The molecule has 4 rings (SSSR count). The molecule has 6 heteroatoms. The molecule has 1 saturated heterocycles. The lowest BCUT2D eigenvalue weighted by molar-refractivity contribution is -0.381. The van der Waals surface area contributed by atoms with Crippen LogP contribution in [0.15, 0.2) is 0 Å². The average molecular weight is 479 g/mol. The molecule has 33 heavy (non-hydrogen) atoms. The van der Waals surface area contributed by atoms with Crippen molar-refractivity contribution in [2.24, 2.45) is 17.8 Å². The quantitative estimate of drug-likeness (QED) is 0.441. The molecule has 3 saturated carbocycles. The summed E-state index contributed by atoms with van der Waals surface area (Å²) in [5.74, 6) is 7.00. The molecule has 5 nitrogen and oxygen atoms in total. The van der Waals surface area contributed by atoms with E-state index in [1.807, 2.05) is 0 Å². The van der Waals surface area contributed by atoms with Crippen LogP contribution >= 0.6 is 0 Å². The summed E-state index contributed by atoms with van der Waals surface area (Å²) in [6.07, 6.45) is 7.83. The van der Waals surface area contributed by atoms with Crippen molar-refractivity contribution in [1.82, 2.24) is 0 Å². The van der Waals surface area contributed by atoms with Gasteiger partial charge in [0, 0.05) is 19.4 Å². The Kier molecular flexibility index (Phi) is 6.93. The third-order valence-electron chi connectivity index (χ3n) is 9.65. The van der Waals surface area contributed by atoms with Crippen LogP contribution in [0.4, 0.5) is 0 Å². The lowest BCUT2D eigenvalue weighted by Gasteiger charge is -2.63. The molecule has 1 N–H and O–H groups in total. The van der Waals surface area contributed by atoms with Crippen LogP contribution in [0, 0.1) is 29.6 Å². The van der Waals surface area contributed by atoms with Gasteiger partial charge in [-0.15, -0.1) is 0 Å². The van der Waals surface area contributed by atoms with E-state index in [9.17, 15) is 5.11 Å². The molecule has 0 aromatic heterocycles. The Morgan fingerprint density at radius 3 is 2.21 bits per heavy atom. The number of methoxy groups -OCH3 is 1. The van der Waals surface area contributed by atoms with Crippen molar-refractivity contribution in [2.45, 2.75) is 120 Å². The maximum Gasteiger partial charge on any atom is 0.198 e. The van der Waals surface area contributed by atoms with Crippen molar-refractivity contribution >= 4 is 8.32 Å². The maximum atomic E-state index is 11.0. The van der Waals surface area contributed by atoms with E-state index in [0.717, 1.165) is 12.8 Å². The number of ether oxygens (including phenoxy) is 3. The van der Waals surface area contributed by atoms with E-state index >= 15 is 0 Å². The first-order valence-corrected chi connectivity index (χ1v) is 16.0. The monoisotopic (exact) mass is 478 g/mol. The molecule has 0 unspecified atom stereocenters. The molecule has 4 aliphatic rings. The summed E-state index contributed by atoms with van der Waals surface area (Å²) in [6.45, 7) is 15.0. The Morgan fingerprint density at radius 1 is 1.00 bits per heavy atom. The fraction of sp³-hybridized carbons (Fsp3) is 0.926. The smallest absolute Gasteiger partial charge is 0.198 e. The van der Waals surface area contributed by atoms with Crippen molar-refractivity contribution < 1.29 is 23.7 Å². The van der Waals surface area contributed by atoms with Gasteiger partial charge in [0.15, 0.2) is 14.1 Å². The SMILES string of the molecule is CO[C@@]12CC[C@H](O)[C@@H](C#C[C@@](C)(O[Si](C)(C)C(C)(C)C)C3CCCCC3)[C@@H]1CC21OCCO1. The van der Waals surface area contributed by atoms with Gasteiger partial charge in [-0.3, -0.25) is 0 Å². The predicted octanol–water partition coefficient (Wildman–Crippen LogP) is 5.27. The Balaban J connectivity index is 1.64. The highest BCUT2D eigenvalue weighted by molar-refractivity contribution is 6.74. The molecule has 4 fully saturated rings. The van der Waals surface area contributed by atoms with Crippen LogP contribution in [0.2, 0.25) is 18.1 Å². The number of aliphatic hydroxyl groups excluding tert-OH is 1. The van der Waals surface area contributed by atoms with E-state index in [0.29, 0.717) is 25.6 Å². The second-order valence-corrected chi connectivity index (χ2v) is 17.3. The summed E-state index contributed by atoms with van der Waals surface area (Å²) in [6, 6.07) is 0. The first-order valence-electron chi connectivity index (χ1n) is 13.1. The number of aliphatic hydroxyl groups is 1. The van der Waals surface area contributed by atoms with Crippen molar-refractivity contribution in [3.8, 4) is 11.8 Å². The number of hydrogen-bond donors (Lipinski definition) is 1. The number of fused-ring (bicyclic) bond motifs is 2. The largest absolute Gasteiger partial charge is 0.401 e. The summed E-state index contributed by atoms with van der Waals surface area (Å²) in [4.78, 5) is 0. The Morgan fingerprint density at radius 2 is 1.64 bits per heavy atom. The van der Waals surface area contributed by atoms with Gasteiger partial charge in [-0.05, 0) is 56.7 Å². The van der Waals surface area contributed by atoms with Crippen molar-refractivity contribution in [1.29, 1.82) is 0 Å². The molecular weight excluding hydrogens is 432 g/mol. The summed E-state index contributed by atoms with van der Waals surface area (Å²) < 4.78 is 25.3. The van der Waals surface area contributed by atoms with Gasteiger partial charge in [-0.25, -0.2) is 0 Å². The highest BCUT2D eigenvalue weighted by Gasteiger charge is 2.73. The lowest BCUT2D eigenvalue weighted by Crippen LogP contribution is -2.74. The highest BCUT2D eigenvalue weighted by Crippen LogP contribution is 2.62. The minimum Gasteiger partial charge on any atom is -0.401 e. The molecule has 5 atom stereocenters. The van der Waals surface area contributed by atoms with Crippen molar-refractivity contribution in [3.05, 3.63) is 0 Å². The van der Waals surface area contributed by atoms with Crippen LogP contribution in [0.25, 0.3) is 0 Å². The molecule has 3 aliphatic carbocycles. The number of hydrogen-bond acceptors (Lipinski definition) is 5. The minimum atomic E-state index is -2.02. The minimum absolute atomic E-state index is 0.111. The van der Waals surface area contributed by atoms with E-state index in [1.54, 1.807) is 7.11 Å². The maximum absolute atomic E-state index is 11.0. The van der Waals surface area contributed by atoms with Gasteiger partial charge in [-0.1, -0.05) is 51.9 Å². The molecule has 1 spiro atoms. The zero-order valence-corrected chi connectivity index (χ0v) is 23.0. The van der Waals surface area contributed by atoms with Crippen LogP contribution in [0.3, 0.4) is 0 Å². The van der Waals surface area contributed by atoms with Gasteiger partial charge < -0.3 is 23.7 Å². The Hall–Kier alpha value is -0.423. The number of rotatable bonds is 4.